The Bertz CT molecular complexity index is 856. The van der Waals surface area contributed by atoms with E-state index in [9.17, 15) is 0 Å². The van der Waals surface area contributed by atoms with Gasteiger partial charge in [-0.2, -0.15) is 0 Å². The minimum absolute atomic E-state index is 0.0560. The van der Waals surface area contributed by atoms with Crippen molar-refractivity contribution in [3.63, 3.8) is 0 Å². The zero-order valence-electron chi connectivity index (χ0n) is 16.2. The predicted octanol–water partition coefficient (Wildman–Crippen LogP) is 6.08. The lowest BCUT2D eigenvalue weighted by Crippen LogP contribution is -2.44. The van der Waals surface area contributed by atoms with Crippen molar-refractivity contribution in [2.24, 2.45) is 4.99 Å². The molecule has 130 valence electrons. The van der Waals surface area contributed by atoms with Crippen LogP contribution in [0.15, 0.2) is 47.5 Å². The van der Waals surface area contributed by atoms with Gasteiger partial charge in [-0.15, -0.1) is 0 Å². The molecule has 1 heterocycles. The Labute approximate surface area is 151 Å². The summed E-state index contributed by atoms with van der Waals surface area (Å²) in [5.74, 6) is 0. The molecular formula is C23H28N2. The van der Waals surface area contributed by atoms with Crippen molar-refractivity contribution in [2.45, 2.75) is 47.1 Å². The molecule has 2 nitrogen and oxygen atoms in total. The number of hydrogen-bond donors (Lipinski definition) is 0. The molecule has 0 N–H and O–H groups in total. The number of aliphatic imine (C=N–C) groups is 1. The second-order valence-electron chi connectivity index (χ2n) is 7.55. The van der Waals surface area contributed by atoms with Crippen LogP contribution in [0.25, 0.3) is 5.57 Å². The second-order valence-corrected chi connectivity index (χ2v) is 7.55. The van der Waals surface area contributed by atoms with E-state index in [0.717, 1.165) is 17.8 Å². The Balaban J connectivity index is 1.96. The van der Waals surface area contributed by atoms with Crippen LogP contribution in [-0.2, 0) is 0 Å². The molecule has 0 aliphatic carbocycles. The first-order chi connectivity index (χ1) is 11.8. The summed E-state index contributed by atoms with van der Waals surface area (Å²) in [6.07, 6.45) is 4.34. The number of aryl methyl sites for hydroxylation is 2. The molecule has 25 heavy (non-hydrogen) atoms. The van der Waals surface area contributed by atoms with Gasteiger partial charge in [0.2, 0.25) is 0 Å². The molecule has 0 bridgehead atoms. The number of anilines is 1. The van der Waals surface area contributed by atoms with E-state index in [0.29, 0.717) is 0 Å². The van der Waals surface area contributed by atoms with Crippen LogP contribution in [-0.4, -0.2) is 18.3 Å². The molecule has 1 aliphatic heterocycles. The molecule has 0 saturated carbocycles. The maximum absolute atomic E-state index is 4.70. The number of nitrogens with zero attached hydrogens (tertiary/aromatic N) is 2. The van der Waals surface area contributed by atoms with E-state index in [2.05, 4.69) is 88.9 Å². The number of likely N-dealkylation sites (N-methyl/N-ethyl adjacent to an activating group) is 1. The quantitative estimate of drug-likeness (QED) is 0.622. The van der Waals surface area contributed by atoms with Gasteiger partial charge in [-0.3, -0.25) is 4.99 Å². The predicted molar refractivity (Wildman–Crippen MR) is 110 cm³/mol. The average Bonchev–Trinajstić information content (AvgIpc) is 2.54. The first-order valence-electron chi connectivity index (χ1n) is 9.04. The fourth-order valence-corrected chi connectivity index (χ4v) is 3.85. The van der Waals surface area contributed by atoms with Crippen LogP contribution >= 0.6 is 0 Å². The standard InChI is InChI=1S/C23H28N2/c1-7-25-22-11-9-19(13-20(22)18(4)14-23(25,5)6)15-24-21-10-8-16(2)12-17(21)3/h8-15H,7H2,1-6H3. The molecule has 2 heteroatoms. The summed E-state index contributed by atoms with van der Waals surface area (Å²) in [6.45, 7) is 14.2. The second kappa shape index (κ2) is 6.51. The van der Waals surface area contributed by atoms with E-state index in [1.165, 1.54) is 28.0 Å². The Morgan fingerprint density at radius 3 is 2.48 bits per heavy atom. The van der Waals surface area contributed by atoms with Gasteiger partial charge < -0.3 is 4.90 Å². The molecule has 0 radical (unpaired) electrons. The fourth-order valence-electron chi connectivity index (χ4n) is 3.85. The van der Waals surface area contributed by atoms with E-state index < -0.39 is 0 Å². The normalized spacial score (nSPS) is 16.1. The van der Waals surface area contributed by atoms with Crippen LogP contribution in [0.4, 0.5) is 11.4 Å². The van der Waals surface area contributed by atoms with Crippen LogP contribution in [0, 0.1) is 13.8 Å². The van der Waals surface area contributed by atoms with Gasteiger partial charge in [-0.1, -0.05) is 29.8 Å². The Kier molecular flexibility index (Phi) is 4.55. The highest BCUT2D eigenvalue weighted by molar-refractivity contribution is 5.88. The first-order valence-corrected chi connectivity index (χ1v) is 9.04. The van der Waals surface area contributed by atoms with Crippen LogP contribution in [0.3, 0.4) is 0 Å². The highest BCUT2D eigenvalue weighted by Gasteiger charge is 2.29. The lowest BCUT2D eigenvalue weighted by molar-refractivity contribution is 0.566. The van der Waals surface area contributed by atoms with Crippen LogP contribution in [0.2, 0.25) is 0 Å². The molecule has 0 spiro atoms. The number of allylic oxidation sites excluding steroid dienone is 1. The van der Waals surface area contributed by atoms with Gasteiger partial charge in [0.1, 0.15) is 0 Å². The smallest absolute Gasteiger partial charge is 0.0659 e. The molecule has 0 saturated heterocycles. The van der Waals surface area contributed by atoms with Crippen molar-refractivity contribution in [1.82, 2.24) is 0 Å². The fraction of sp³-hybridized carbons (Fsp3) is 0.348. The average molecular weight is 332 g/mol. The lowest BCUT2D eigenvalue weighted by atomic mass is 9.88. The summed E-state index contributed by atoms with van der Waals surface area (Å²) in [5, 5.41) is 0. The summed E-state index contributed by atoms with van der Waals surface area (Å²) in [6, 6.07) is 13.0. The summed E-state index contributed by atoms with van der Waals surface area (Å²) >= 11 is 0. The van der Waals surface area contributed by atoms with Crippen LogP contribution in [0.1, 0.15) is 49.9 Å². The van der Waals surface area contributed by atoms with Gasteiger partial charge >= 0.3 is 0 Å². The van der Waals surface area contributed by atoms with Crippen molar-refractivity contribution in [1.29, 1.82) is 0 Å². The topological polar surface area (TPSA) is 15.6 Å². The van der Waals surface area contributed by atoms with Gasteiger partial charge in [0.15, 0.2) is 0 Å². The van der Waals surface area contributed by atoms with Crippen LogP contribution in [0.5, 0.6) is 0 Å². The van der Waals surface area contributed by atoms with Crippen molar-refractivity contribution < 1.29 is 0 Å². The third-order valence-electron chi connectivity index (χ3n) is 5.02. The number of benzene rings is 2. The van der Waals surface area contributed by atoms with Gasteiger partial charge in [0.05, 0.1) is 11.2 Å². The van der Waals surface area contributed by atoms with E-state index in [1.54, 1.807) is 0 Å². The monoisotopic (exact) mass is 332 g/mol. The molecule has 0 fully saturated rings. The SMILES string of the molecule is CCN1c2ccc(C=Nc3ccc(C)cc3C)cc2C(C)=CC1(C)C. The minimum Gasteiger partial charge on any atom is -0.363 e. The van der Waals surface area contributed by atoms with Gasteiger partial charge in [-0.25, -0.2) is 0 Å². The Morgan fingerprint density at radius 2 is 1.80 bits per heavy atom. The first kappa shape index (κ1) is 17.5. The lowest BCUT2D eigenvalue weighted by Gasteiger charge is -2.42. The molecule has 1 aliphatic rings. The molecule has 0 unspecified atom stereocenters. The maximum Gasteiger partial charge on any atom is 0.0659 e. The highest BCUT2D eigenvalue weighted by atomic mass is 15.2. The Hall–Kier alpha value is -2.35. The third kappa shape index (κ3) is 3.39. The van der Waals surface area contributed by atoms with Crippen LogP contribution < -0.4 is 4.90 Å². The number of fused-ring (bicyclic) bond motifs is 1. The van der Waals surface area contributed by atoms with Gasteiger partial charge in [-0.05, 0) is 76.4 Å². The molecule has 0 atom stereocenters. The van der Waals surface area contributed by atoms with E-state index >= 15 is 0 Å². The van der Waals surface area contributed by atoms with Crippen molar-refractivity contribution >= 4 is 23.2 Å². The third-order valence-corrected chi connectivity index (χ3v) is 5.02. The van der Waals surface area contributed by atoms with E-state index in [-0.39, 0.29) is 5.54 Å². The van der Waals surface area contributed by atoms with Crippen molar-refractivity contribution in [3.8, 4) is 0 Å². The largest absolute Gasteiger partial charge is 0.363 e. The number of rotatable bonds is 3. The zero-order valence-corrected chi connectivity index (χ0v) is 16.2. The van der Waals surface area contributed by atoms with E-state index in [4.69, 9.17) is 4.99 Å². The van der Waals surface area contributed by atoms with Crippen molar-refractivity contribution in [2.75, 3.05) is 11.4 Å². The minimum atomic E-state index is 0.0560. The van der Waals surface area contributed by atoms with Crippen molar-refractivity contribution in [3.05, 3.63) is 64.7 Å². The molecule has 3 rings (SSSR count). The molecule has 2 aromatic carbocycles. The summed E-state index contributed by atoms with van der Waals surface area (Å²) in [4.78, 5) is 7.16. The molecular weight excluding hydrogens is 304 g/mol. The highest BCUT2D eigenvalue weighted by Crippen LogP contribution is 2.38. The van der Waals surface area contributed by atoms with Gasteiger partial charge in [0, 0.05) is 24.0 Å². The summed E-state index contributed by atoms with van der Waals surface area (Å²) < 4.78 is 0. The van der Waals surface area contributed by atoms with E-state index in [1.807, 2.05) is 6.21 Å². The zero-order chi connectivity index (χ0) is 18.2. The maximum atomic E-state index is 4.70. The van der Waals surface area contributed by atoms with Gasteiger partial charge in [0.25, 0.3) is 0 Å². The summed E-state index contributed by atoms with van der Waals surface area (Å²) in [5.41, 5.74) is 8.68. The Morgan fingerprint density at radius 1 is 1.04 bits per heavy atom. The molecule has 2 aromatic rings. The molecule has 0 amide bonds. The summed E-state index contributed by atoms with van der Waals surface area (Å²) in [7, 11) is 0. The number of hydrogen-bond acceptors (Lipinski definition) is 2. The molecule has 0 aromatic heterocycles.